The number of nitrogens with two attached hydrogens (primary N) is 1. The summed E-state index contributed by atoms with van der Waals surface area (Å²) in [4.78, 5) is 3.70. The third-order valence-electron chi connectivity index (χ3n) is 0.649. The standard InChI is InChI=1S/C4H10N2.2ClH/c1-3-4(5)6-2;;/h3H2,1-2H3,(H2,5,6);2*1H. The molecule has 2 nitrogen and oxygen atoms in total. The van der Waals surface area contributed by atoms with Gasteiger partial charge in [0, 0.05) is 13.5 Å². The lowest BCUT2D eigenvalue weighted by molar-refractivity contribution is 1.22. The topological polar surface area (TPSA) is 38.4 Å². The molecule has 0 spiro atoms. The largest absolute Gasteiger partial charge is 0.387 e. The van der Waals surface area contributed by atoms with Crippen molar-refractivity contribution >= 4 is 30.6 Å². The first-order valence-electron chi connectivity index (χ1n) is 2.02. The average Bonchev–Trinajstić information content (AvgIpc) is 1.65. The second-order valence-corrected chi connectivity index (χ2v) is 1.07. The van der Waals surface area contributed by atoms with Gasteiger partial charge in [0.1, 0.15) is 0 Å². The summed E-state index contributed by atoms with van der Waals surface area (Å²) in [5.41, 5.74) is 5.22. The second-order valence-electron chi connectivity index (χ2n) is 1.07. The lowest BCUT2D eigenvalue weighted by atomic mass is 10.5. The molecule has 0 radical (unpaired) electrons. The third kappa shape index (κ3) is 9.41. The lowest BCUT2D eigenvalue weighted by Crippen LogP contribution is -2.08. The minimum atomic E-state index is 0. The van der Waals surface area contributed by atoms with Crippen LogP contribution in [0, 0.1) is 0 Å². The molecule has 0 saturated heterocycles. The van der Waals surface area contributed by atoms with Gasteiger partial charge in [0.15, 0.2) is 0 Å². The van der Waals surface area contributed by atoms with E-state index >= 15 is 0 Å². The molecule has 0 aromatic carbocycles. The van der Waals surface area contributed by atoms with E-state index < -0.39 is 0 Å². The zero-order valence-electron chi connectivity index (χ0n) is 5.05. The van der Waals surface area contributed by atoms with Crippen LogP contribution in [-0.2, 0) is 0 Å². The second kappa shape index (κ2) is 10.1. The molecule has 0 bridgehead atoms. The summed E-state index contributed by atoms with van der Waals surface area (Å²) in [6.07, 6.45) is 0.858. The van der Waals surface area contributed by atoms with E-state index in [4.69, 9.17) is 5.73 Å². The number of hydrogen-bond donors (Lipinski definition) is 1. The molecule has 0 amide bonds. The van der Waals surface area contributed by atoms with Gasteiger partial charge < -0.3 is 5.73 Å². The Morgan fingerprint density at radius 2 is 1.88 bits per heavy atom. The number of amidine groups is 1. The Balaban J connectivity index is -0.000000125. The maximum atomic E-state index is 5.22. The van der Waals surface area contributed by atoms with Crippen LogP contribution < -0.4 is 5.73 Å². The molecule has 0 aliphatic carbocycles. The van der Waals surface area contributed by atoms with Crippen LogP contribution in [0.3, 0.4) is 0 Å². The summed E-state index contributed by atoms with van der Waals surface area (Å²) < 4.78 is 0. The quantitative estimate of drug-likeness (QED) is 0.453. The average molecular weight is 159 g/mol. The monoisotopic (exact) mass is 158 g/mol. The number of halogens is 2. The normalized spacial score (nSPS) is 9.00. The van der Waals surface area contributed by atoms with Crippen LogP contribution in [0.1, 0.15) is 13.3 Å². The van der Waals surface area contributed by atoms with Crippen molar-refractivity contribution in [2.45, 2.75) is 13.3 Å². The highest BCUT2D eigenvalue weighted by Crippen LogP contribution is 1.70. The summed E-state index contributed by atoms with van der Waals surface area (Å²) in [6.45, 7) is 1.97. The maximum absolute atomic E-state index is 5.22. The Hall–Kier alpha value is 0.0500. The van der Waals surface area contributed by atoms with Crippen LogP contribution in [0.4, 0.5) is 0 Å². The first-order valence-corrected chi connectivity index (χ1v) is 2.02. The fraction of sp³-hybridized carbons (Fsp3) is 0.750. The van der Waals surface area contributed by atoms with Crippen molar-refractivity contribution in [3.8, 4) is 0 Å². The predicted molar refractivity (Wildman–Crippen MR) is 42.3 cm³/mol. The van der Waals surface area contributed by atoms with E-state index in [0.717, 1.165) is 12.3 Å². The number of nitrogens with zero attached hydrogens (tertiary/aromatic N) is 1. The molecule has 0 unspecified atom stereocenters. The summed E-state index contributed by atoms with van der Waals surface area (Å²) in [7, 11) is 1.69. The Kier molecular flexibility index (Phi) is 19.8. The SMILES string of the molecule is CCC(N)=NC.Cl.Cl. The van der Waals surface area contributed by atoms with Gasteiger partial charge in [0.05, 0.1) is 5.84 Å². The summed E-state index contributed by atoms with van der Waals surface area (Å²) in [6, 6.07) is 0. The van der Waals surface area contributed by atoms with E-state index in [0.29, 0.717) is 0 Å². The van der Waals surface area contributed by atoms with E-state index in [1.165, 1.54) is 0 Å². The van der Waals surface area contributed by atoms with E-state index in [-0.39, 0.29) is 24.8 Å². The zero-order chi connectivity index (χ0) is 4.99. The number of hydrogen-bond acceptors (Lipinski definition) is 1. The van der Waals surface area contributed by atoms with E-state index in [1.807, 2.05) is 6.92 Å². The van der Waals surface area contributed by atoms with Gasteiger partial charge in [0.25, 0.3) is 0 Å². The Morgan fingerprint density at radius 1 is 1.50 bits per heavy atom. The highest BCUT2D eigenvalue weighted by atomic mass is 35.5. The van der Waals surface area contributed by atoms with Crippen molar-refractivity contribution in [1.29, 1.82) is 0 Å². The first-order chi connectivity index (χ1) is 2.81. The van der Waals surface area contributed by atoms with Crippen LogP contribution in [-0.4, -0.2) is 12.9 Å². The van der Waals surface area contributed by atoms with E-state index in [1.54, 1.807) is 7.05 Å². The zero-order valence-corrected chi connectivity index (χ0v) is 6.68. The van der Waals surface area contributed by atoms with Gasteiger partial charge in [-0.3, -0.25) is 4.99 Å². The Morgan fingerprint density at radius 3 is 1.88 bits per heavy atom. The van der Waals surface area contributed by atoms with Crippen molar-refractivity contribution in [2.24, 2.45) is 10.7 Å². The molecule has 0 fully saturated rings. The van der Waals surface area contributed by atoms with Gasteiger partial charge in [-0.1, -0.05) is 6.92 Å². The Labute approximate surface area is 62.4 Å². The molecule has 0 atom stereocenters. The van der Waals surface area contributed by atoms with Gasteiger partial charge in [-0.25, -0.2) is 0 Å². The lowest BCUT2D eigenvalue weighted by Gasteiger charge is -1.85. The fourth-order valence-electron chi connectivity index (χ4n) is 0.158. The molecule has 4 heteroatoms. The minimum absolute atomic E-state index is 0. The molecule has 2 N–H and O–H groups in total. The molecular formula is C4H12Cl2N2. The molecule has 52 valence electrons. The van der Waals surface area contributed by atoms with Gasteiger partial charge in [-0.15, -0.1) is 24.8 Å². The Bertz CT molecular complexity index is 63.1. The van der Waals surface area contributed by atoms with Crippen molar-refractivity contribution in [2.75, 3.05) is 7.05 Å². The molecule has 0 aliphatic rings. The maximum Gasteiger partial charge on any atom is 0.0930 e. The van der Waals surface area contributed by atoms with Crippen LogP contribution in [0.5, 0.6) is 0 Å². The van der Waals surface area contributed by atoms with E-state index in [2.05, 4.69) is 4.99 Å². The van der Waals surface area contributed by atoms with Crippen molar-refractivity contribution in [3.05, 3.63) is 0 Å². The van der Waals surface area contributed by atoms with Gasteiger partial charge in [-0.05, 0) is 0 Å². The molecule has 0 aromatic rings. The highest BCUT2D eigenvalue weighted by molar-refractivity contribution is 5.85. The highest BCUT2D eigenvalue weighted by Gasteiger charge is 1.75. The van der Waals surface area contributed by atoms with Gasteiger partial charge in [0.2, 0.25) is 0 Å². The molecule has 0 rings (SSSR count). The summed E-state index contributed by atoms with van der Waals surface area (Å²) >= 11 is 0. The summed E-state index contributed by atoms with van der Waals surface area (Å²) in [5.74, 6) is 0.718. The minimum Gasteiger partial charge on any atom is -0.387 e. The van der Waals surface area contributed by atoms with Crippen LogP contribution in [0.25, 0.3) is 0 Å². The molecule has 8 heavy (non-hydrogen) atoms. The van der Waals surface area contributed by atoms with E-state index in [9.17, 15) is 0 Å². The van der Waals surface area contributed by atoms with Crippen molar-refractivity contribution in [1.82, 2.24) is 0 Å². The summed E-state index contributed by atoms with van der Waals surface area (Å²) in [5, 5.41) is 0. The smallest absolute Gasteiger partial charge is 0.0930 e. The number of aliphatic imine (C=N–C) groups is 1. The van der Waals surface area contributed by atoms with Crippen LogP contribution in [0.2, 0.25) is 0 Å². The fourth-order valence-corrected chi connectivity index (χ4v) is 0.158. The molecular weight excluding hydrogens is 147 g/mol. The molecule has 0 saturated carbocycles. The third-order valence-corrected chi connectivity index (χ3v) is 0.649. The molecule has 0 aliphatic heterocycles. The first kappa shape index (κ1) is 15.7. The predicted octanol–water partition coefficient (Wildman–Crippen LogP) is 1.23. The van der Waals surface area contributed by atoms with Crippen molar-refractivity contribution < 1.29 is 0 Å². The van der Waals surface area contributed by atoms with Gasteiger partial charge >= 0.3 is 0 Å². The van der Waals surface area contributed by atoms with Crippen LogP contribution in [0.15, 0.2) is 4.99 Å². The molecule has 0 heterocycles. The van der Waals surface area contributed by atoms with Crippen molar-refractivity contribution in [3.63, 3.8) is 0 Å². The van der Waals surface area contributed by atoms with Crippen LogP contribution >= 0.6 is 24.8 Å². The number of rotatable bonds is 1. The molecule has 0 aromatic heterocycles. The van der Waals surface area contributed by atoms with Gasteiger partial charge in [-0.2, -0.15) is 0 Å².